The van der Waals surface area contributed by atoms with Crippen molar-refractivity contribution in [1.29, 1.82) is 0 Å². The summed E-state index contributed by atoms with van der Waals surface area (Å²) in [6, 6.07) is 7.82. The molecule has 5 heteroatoms. The van der Waals surface area contributed by atoms with E-state index >= 15 is 0 Å². The van der Waals surface area contributed by atoms with Crippen molar-refractivity contribution in [2.24, 2.45) is 0 Å². The Bertz CT molecular complexity index is 430. The number of benzene rings is 1. The SMILES string of the molecule is C=CCOn1cnc2ccccc21.[Cl][Cu]. The van der Waals surface area contributed by atoms with Crippen molar-refractivity contribution in [3.63, 3.8) is 0 Å². The molecule has 0 spiro atoms. The Balaban J connectivity index is 0.000000531. The van der Waals surface area contributed by atoms with Gasteiger partial charge in [-0.2, -0.15) is 4.73 Å². The monoisotopic (exact) mass is 272 g/mol. The first kappa shape index (κ1) is 12.1. The second-order valence-electron chi connectivity index (χ2n) is 2.64. The van der Waals surface area contributed by atoms with E-state index in [2.05, 4.69) is 36.8 Å². The molecule has 0 saturated carbocycles. The molecule has 0 atom stereocenters. The molecule has 0 fully saturated rings. The molecule has 1 heterocycles. The van der Waals surface area contributed by atoms with E-state index in [9.17, 15) is 0 Å². The summed E-state index contributed by atoms with van der Waals surface area (Å²) in [5.41, 5.74) is 1.91. The van der Waals surface area contributed by atoms with Gasteiger partial charge in [-0.3, -0.25) is 0 Å². The summed E-state index contributed by atoms with van der Waals surface area (Å²) < 4.78 is 1.65. The summed E-state index contributed by atoms with van der Waals surface area (Å²) in [7, 11) is 4.20. The van der Waals surface area contributed by atoms with Gasteiger partial charge in [-0.05, 0) is 12.1 Å². The first-order valence-electron chi connectivity index (χ1n) is 4.19. The third kappa shape index (κ3) is 2.99. The average Bonchev–Trinajstić information content (AvgIpc) is 2.72. The van der Waals surface area contributed by atoms with Crippen LogP contribution in [0.4, 0.5) is 0 Å². The Kier molecular flexibility index (Phi) is 5.26. The van der Waals surface area contributed by atoms with Gasteiger partial charge >= 0.3 is 25.2 Å². The summed E-state index contributed by atoms with van der Waals surface area (Å²) in [6.07, 6.45) is 3.36. The van der Waals surface area contributed by atoms with E-state index in [0.717, 1.165) is 11.0 Å². The van der Waals surface area contributed by atoms with Crippen LogP contribution in [0.1, 0.15) is 0 Å². The van der Waals surface area contributed by atoms with Crippen molar-refractivity contribution in [1.82, 2.24) is 9.71 Å². The molecule has 0 saturated heterocycles. The predicted octanol–water partition coefficient (Wildman–Crippen LogP) is 2.34. The van der Waals surface area contributed by atoms with Gasteiger partial charge in [-0.15, -0.1) is 0 Å². The van der Waals surface area contributed by atoms with E-state index in [1.807, 2.05) is 24.3 Å². The van der Waals surface area contributed by atoms with Crippen LogP contribution in [0.15, 0.2) is 43.2 Å². The first-order chi connectivity index (χ1) is 7.42. The number of hydrogen-bond acceptors (Lipinski definition) is 2. The fraction of sp³-hybridized carbons (Fsp3) is 0.100. The zero-order valence-electron chi connectivity index (χ0n) is 7.86. The molecular weight excluding hydrogens is 263 g/mol. The molecule has 0 bridgehead atoms. The second kappa shape index (κ2) is 6.51. The number of hydrogen-bond donors (Lipinski definition) is 0. The van der Waals surface area contributed by atoms with Crippen LogP contribution in [0.25, 0.3) is 11.0 Å². The zero-order valence-corrected chi connectivity index (χ0v) is 9.56. The standard InChI is InChI=1S/C10H10N2O.ClH.Cu/c1-2-7-13-12-8-11-9-5-3-4-6-10(9)12;;/h2-6,8H,1,7H2;1H;/q;;+1/p-1. The molecule has 0 N–H and O–H groups in total. The Hall–Kier alpha value is -0.961. The number of fused-ring (bicyclic) bond motifs is 1. The third-order valence-electron chi connectivity index (χ3n) is 1.75. The maximum atomic E-state index is 5.34. The van der Waals surface area contributed by atoms with Gasteiger partial charge in [-0.1, -0.05) is 24.8 Å². The molecule has 1 aromatic heterocycles. The first-order valence-corrected chi connectivity index (χ1v) is 5.49. The molecule has 2 rings (SSSR count). The molecular formula is C10H10ClCuN2O. The number of aromatic nitrogens is 2. The Morgan fingerprint density at radius 1 is 1.47 bits per heavy atom. The van der Waals surface area contributed by atoms with E-state index in [1.54, 1.807) is 17.1 Å². The van der Waals surface area contributed by atoms with Crippen LogP contribution in [0.3, 0.4) is 0 Å². The normalized spacial score (nSPS) is 9.27. The molecule has 0 amide bonds. The summed E-state index contributed by atoms with van der Waals surface area (Å²) in [5.74, 6) is 0. The second-order valence-corrected chi connectivity index (χ2v) is 2.64. The van der Waals surface area contributed by atoms with Crippen LogP contribution in [0, 0.1) is 0 Å². The topological polar surface area (TPSA) is 27.1 Å². The molecule has 84 valence electrons. The molecule has 0 unspecified atom stereocenters. The molecule has 0 radical (unpaired) electrons. The van der Waals surface area contributed by atoms with Crippen molar-refractivity contribution in [3.8, 4) is 0 Å². The summed E-state index contributed by atoms with van der Waals surface area (Å²) >= 11 is 3.66. The fourth-order valence-corrected chi connectivity index (χ4v) is 1.17. The van der Waals surface area contributed by atoms with E-state index in [4.69, 9.17) is 4.84 Å². The van der Waals surface area contributed by atoms with Gasteiger partial charge < -0.3 is 4.84 Å². The molecule has 0 aliphatic rings. The van der Waals surface area contributed by atoms with Crippen molar-refractivity contribution < 1.29 is 19.9 Å². The van der Waals surface area contributed by atoms with Crippen molar-refractivity contribution in [3.05, 3.63) is 43.2 Å². The van der Waals surface area contributed by atoms with E-state index in [1.165, 1.54) is 0 Å². The van der Waals surface area contributed by atoms with E-state index in [-0.39, 0.29) is 0 Å². The minimum atomic E-state index is 0.486. The number of para-hydroxylation sites is 2. The third-order valence-corrected chi connectivity index (χ3v) is 1.75. The minimum absolute atomic E-state index is 0.486. The van der Waals surface area contributed by atoms with Gasteiger partial charge in [-0.25, -0.2) is 4.98 Å². The molecule has 2 aromatic rings. The van der Waals surface area contributed by atoms with Crippen LogP contribution in [-0.4, -0.2) is 16.3 Å². The van der Waals surface area contributed by atoms with Crippen molar-refractivity contribution >= 4 is 21.1 Å². The Labute approximate surface area is 101 Å². The van der Waals surface area contributed by atoms with Crippen LogP contribution >= 0.6 is 10.1 Å². The maximum absolute atomic E-state index is 5.34. The predicted molar refractivity (Wildman–Crippen MR) is 57.2 cm³/mol. The van der Waals surface area contributed by atoms with Gasteiger partial charge in [0.05, 0.1) is 5.52 Å². The number of nitrogens with zero attached hydrogens (tertiary/aromatic N) is 2. The zero-order chi connectivity index (χ0) is 11.1. The molecule has 15 heavy (non-hydrogen) atoms. The average molecular weight is 273 g/mol. The summed E-state index contributed by atoms with van der Waals surface area (Å²) in [5, 5.41) is 0. The van der Waals surface area contributed by atoms with E-state index in [0.29, 0.717) is 6.61 Å². The molecule has 0 aliphatic carbocycles. The van der Waals surface area contributed by atoms with Gasteiger partial charge in [0.2, 0.25) is 0 Å². The van der Waals surface area contributed by atoms with Crippen LogP contribution in [0.2, 0.25) is 0 Å². The van der Waals surface area contributed by atoms with Gasteiger partial charge in [0, 0.05) is 0 Å². The van der Waals surface area contributed by atoms with Crippen LogP contribution < -0.4 is 4.84 Å². The molecule has 3 nitrogen and oxygen atoms in total. The van der Waals surface area contributed by atoms with Crippen LogP contribution in [0.5, 0.6) is 0 Å². The fourth-order valence-electron chi connectivity index (χ4n) is 1.17. The quantitative estimate of drug-likeness (QED) is 0.634. The number of rotatable bonds is 3. The summed E-state index contributed by atoms with van der Waals surface area (Å²) in [4.78, 5) is 9.52. The Morgan fingerprint density at radius 2 is 2.20 bits per heavy atom. The van der Waals surface area contributed by atoms with Crippen molar-refractivity contribution in [2.45, 2.75) is 0 Å². The van der Waals surface area contributed by atoms with Crippen molar-refractivity contribution in [2.75, 3.05) is 6.61 Å². The van der Waals surface area contributed by atoms with Gasteiger partial charge in [0.15, 0.2) is 0 Å². The van der Waals surface area contributed by atoms with Crippen LogP contribution in [-0.2, 0) is 15.1 Å². The molecule has 0 aliphatic heterocycles. The Morgan fingerprint density at radius 3 is 2.93 bits per heavy atom. The number of imidazole rings is 1. The van der Waals surface area contributed by atoms with Gasteiger partial charge in [0.1, 0.15) is 18.5 Å². The van der Waals surface area contributed by atoms with Gasteiger partial charge in [0.25, 0.3) is 0 Å². The summed E-state index contributed by atoms with van der Waals surface area (Å²) in [6.45, 7) is 4.07. The number of halogens is 1. The molecule has 1 aromatic carbocycles. The van der Waals surface area contributed by atoms with E-state index < -0.39 is 0 Å².